The van der Waals surface area contributed by atoms with Gasteiger partial charge in [0, 0.05) is 6.54 Å². The molecule has 1 atom stereocenters. The molecular formula is C13H21NO2. The fraction of sp³-hybridized carbons (Fsp3) is 0.538. The van der Waals surface area contributed by atoms with Gasteiger partial charge in [0.15, 0.2) is 0 Å². The van der Waals surface area contributed by atoms with E-state index in [-0.39, 0.29) is 6.10 Å². The lowest BCUT2D eigenvalue weighted by molar-refractivity contribution is 0.0396. The Bertz CT molecular complexity index is 284. The molecule has 16 heavy (non-hydrogen) atoms. The summed E-state index contributed by atoms with van der Waals surface area (Å²) in [5.74, 6) is 0.881. The van der Waals surface area contributed by atoms with Crippen LogP contribution in [-0.2, 0) is 11.3 Å². The Morgan fingerprint density at radius 1 is 1.25 bits per heavy atom. The van der Waals surface area contributed by atoms with Crippen LogP contribution < -0.4 is 10.1 Å². The van der Waals surface area contributed by atoms with Crippen LogP contribution in [0.1, 0.15) is 18.9 Å². The van der Waals surface area contributed by atoms with E-state index in [0.29, 0.717) is 6.61 Å². The predicted molar refractivity (Wildman–Crippen MR) is 65.8 cm³/mol. The van der Waals surface area contributed by atoms with Crippen molar-refractivity contribution in [3.05, 3.63) is 29.8 Å². The molecule has 0 bridgehead atoms. The minimum absolute atomic E-state index is 0.284. The van der Waals surface area contributed by atoms with Crippen molar-refractivity contribution in [3.63, 3.8) is 0 Å². The number of nitrogens with one attached hydrogen (secondary N) is 1. The summed E-state index contributed by atoms with van der Waals surface area (Å²) in [5, 5.41) is 3.13. The highest BCUT2D eigenvalue weighted by atomic mass is 16.5. The molecule has 0 heterocycles. The van der Waals surface area contributed by atoms with Crippen molar-refractivity contribution < 1.29 is 9.47 Å². The molecule has 1 N–H and O–H groups in total. The van der Waals surface area contributed by atoms with Crippen LogP contribution in [-0.4, -0.2) is 26.8 Å². The van der Waals surface area contributed by atoms with E-state index in [9.17, 15) is 0 Å². The Balaban J connectivity index is 2.40. The summed E-state index contributed by atoms with van der Waals surface area (Å²) < 4.78 is 10.9. The molecule has 1 aromatic rings. The first-order chi connectivity index (χ1) is 7.80. The predicted octanol–water partition coefficient (Wildman–Crippen LogP) is 2.21. The maximum atomic E-state index is 5.79. The Hall–Kier alpha value is -1.06. The second-order valence-electron chi connectivity index (χ2n) is 3.75. The van der Waals surface area contributed by atoms with Crippen molar-refractivity contribution in [3.8, 4) is 5.75 Å². The lowest BCUT2D eigenvalue weighted by Gasteiger charge is -2.15. The van der Waals surface area contributed by atoms with Crippen LogP contribution in [0.15, 0.2) is 24.3 Å². The molecule has 1 aromatic carbocycles. The molecule has 0 fully saturated rings. The molecule has 0 aliphatic carbocycles. The third-order valence-corrected chi connectivity index (χ3v) is 2.53. The number of likely N-dealkylation sites (N-methyl/N-ethyl adjacent to an activating group) is 1. The molecule has 0 saturated carbocycles. The van der Waals surface area contributed by atoms with Gasteiger partial charge in [0.05, 0.1) is 19.8 Å². The highest BCUT2D eigenvalue weighted by Gasteiger charge is 2.05. The van der Waals surface area contributed by atoms with Gasteiger partial charge in [-0.2, -0.15) is 0 Å². The molecule has 1 rings (SSSR count). The van der Waals surface area contributed by atoms with Crippen molar-refractivity contribution in [2.75, 3.05) is 20.7 Å². The average Bonchev–Trinajstić information content (AvgIpc) is 2.35. The summed E-state index contributed by atoms with van der Waals surface area (Å²) in [4.78, 5) is 0. The van der Waals surface area contributed by atoms with Gasteiger partial charge in [-0.1, -0.05) is 19.1 Å². The van der Waals surface area contributed by atoms with Gasteiger partial charge in [0.25, 0.3) is 0 Å². The first-order valence-electron chi connectivity index (χ1n) is 5.69. The van der Waals surface area contributed by atoms with Crippen LogP contribution in [0.25, 0.3) is 0 Å². The van der Waals surface area contributed by atoms with Gasteiger partial charge < -0.3 is 14.8 Å². The van der Waals surface area contributed by atoms with Gasteiger partial charge >= 0.3 is 0 Å². The third kappa shape index (κ3) is 4.21. The average molecular weight is 223 g/mol. The third-order valence-electron chi connectivity index (χ3n) is 2.53. The summed E-state index contributed by atoms with van der Waals surface area (Å²) in [5.41, 5.74) is 1.18. The Kier molecular flexibility index (Phi) is 5.90. The fourth-order valence-corrected chi connectivity index (χ4v) is 1.48. The molecular weight excluding hydrogens is 202 g/mol. The van der Waals surface area contributed by atoms with Crippen LogP contribution in [0.5, 0.6) is 5.75 Å². The van der Waals surface area contributed by atoms with Crippen molar-refractivity contribution in [2.45, 2.75) is 26.1 Å². The number of benzene rings is 1. The van der Waals surface area contributed by atoms with Gasteiger partial charge in [0.2, 0.25) is 0 Å². The second-order valence-corrected chi connectivity index (χ2v) is 3.75. The van der Waals surface area contributed by atoms with Gasteiger partial charge in [-0.3, -0.25) is 0 Å². The number of hydrogen-bond donors (Lipinski definition) is 1. The molecule has 3 nitrogen and oxygen atoms in total. The minimum atomic E-state index is 0.284. The Morgan fingerprint density at radius 3 is 2.44 bits per heavy atom. The van der Waals surface area contributed by atoms with Crippen molar-refractivity contribution in [1.29, 1.82) is 0 Å². The maximum Gasteiger partial charge on any atom is 0.118 e. The van der Waals surface area contributed by atoms with E-state index >= 15 is 0 Å². The molecule has 0 aliphatic rings. The largest absolute Gasteiger partial charge is 0.497 e. The standard InChI is InChI=1S/C13H21NO2/c1-4-12(9-14-2)16-10-11-5-7-13(15-3)8-6-11/h5-8,12,14H,4,9-10H2,1-3H3. The number of methoxy groups -OCH3 is 1. The summed E-state index contributed by atoms with van der Waals surface area (Å²) >= 11 is 0. The molecule has 0 aromatic heterocycles. The molecule has 0 aliphatic heterocycles. The number of hydrogen-bond acceptors (Lipinski definition) is 3. The highest BCUT2D eigenvalue weighted by molar-refractivity contribution is 5.26. The fourth-order valence-electron chi connectivity index (χ4n) is 1.48. The maximum absolute atomic E-state index is 5.79. The van der Waals surface area contributed by atoms with Crippen LogP contribution in [0.4, 0.5) is 0 Å². The lowest BCUT2D eigenvalue weighted by atomic mass is 10.2. The van der Waals surface area contributed by atoms with Gasteiger partial charge in [-0.05, 0) is 31.2 Å². The second kappa shape index (κ2) is 7.25. The van der Waals surface area contributed by atoms with E-state index in [1.54, 1.807) is 7.11 Å². The van der Waals surface area contributed by atoms with E-state index in [1.165, 1.54) is 5.56 Å². The van der Waals surface area contributed by atoms with Crippen molar-refractivity contribution in [1.82, 2.24) is 5.32 Å². The molecule has 0 amide bonds. The zero-order chi connectivity index (χ0) is 11.8. The zero-order valence-corrected chi connectivity index (χ0v) is 10.3. The van der Waals surface area contributed by atoms with E-state index in [0.717, 1.165) is 18.7 Å². The lowest BCUT2D eigenvalue weighted by Crippen LogP contribution is -2.25. The highest BCUT2D eigenvalue weighted by Crippen LogP contribution is 2.12. The van der Waals surface area contributed by atoms with Crippen LogP contribution in [0.3, 0.4) is 0 Å². The molecule has 0 radical (unpaired) electrons. The smallest absolute Gasteiger partial charge is 0.118 e. The first kappa shape index (κ1) is 13.0. The molecule has 0 spiro atoms. The topological polar surface area (TPSA) is 30.5 Å². The van der Waals surface area contributed by atoms with Gasteiger partial charge in [-0.15, -0.1) is 0 Å². The number of rotatable bonds is 7. The van der Waals surface area contributed by atoms with E-state index < -0.39 is 0 Å². The summed E-state index contributed by atoms with van der Waals surface area (Å²) in [6.07, 6.45) is 1.31. The van der Waals surface area contributed by atoms with Crippen LogP contribution in [0.2, 0.25) is 0 Å². The summed E-state index contributed by atoms with van der Waals surface area (Å²) in [6.45, 7) is 3.69. The molecule has 1 unspecified atom stereocenters. The van der Waals surface area contributed by atoms with E-state index in [1.807, 2.05) is 31.3 Å². The molecule has 3 heteroatoms. The number of ether oxygens (including phenoxy) is 2. The Labute approximate surface area is 97.8 Å². The van der Waals surface area contributed by atoms with E-state index in [2.05, 4.69) is 12.2 Å². The SMILES string of the molecule is CCC(CNC)OCc1ccc(OC)cc1. The van der Waals surface area contributed by atoms with Crippen LogP contribution >= 0.6 is 0 Å². The van der Waals surface area contributed by atoms with Crippen molar-refractivity contribution in [2.24, 2.45) is 0 Å². The van der Waals surface area contributed by atoms with E-state index in [4.69, 9.17) is 9.47 Å². The molecule has 0 saturated heterocycles. The summed E-state index contributed by atoms with van der Waals surface area (Å²) in [7, 11) is 3.62. The van der Waals surface area contributed by atoms with Crippen LogP contribution in [0, 0.1) is 0 Å². The zero-order valence-electron chi connectivity index (χ0n) is 10.3. The first-order valence-corrected chi connectivity index (χ1v) is 5.69. The van der Waals surface area contributed by atoms with Gasteiger partial charge in [-0.25, -0.2) is 0 Å². The normalized spacial score (nSPS) is 12.4. The monoisotopic (exact) mass is 223 g/mol. The van der Waals surface area contributed by atoms with Crippen molar-refractivity contribution >= 4 is 0 Å². The quantitative estimate of drug-likeness (QED) is 0.768. The summed E-state index contributed by atoms with van der Waals surface area (Å²) in [6, 6.07) is 7.98. The Morgan fingerprint density at radius 2 is 1.94 bits per heavy atom. The molecule has 90 valence electrons. The minimum Gasteiger partial charge on any atom is -0.497 e. The van der Waals surface area contributed by atoms with Gasteiger partial charge in [0.1, 0.15) is 5.75 Å².